The van der Waals surface area contributed by atoms with Gasteiger partial charge in [-0.25, -0.2) is 4.98 Å². The van der Waals surface area contributed by atoms with E-state index >= 15 is 0 Å². The maximum Gasteiger partial charge on any atom is 0.132 e. The first-order chi connectivity index (χ1) is 6.40. The summed E-state index contributed by atoms with van der Waals surface area (Å²) in [5.74, 6) is 5.67. The molecule has 0 aliphatic carbocycles. The van der Waals surface area contributed by atoms with Crippen molar-refractivity contribution in [2.45, 2.75) is 6.92 Å². The molecule has 1 aromatic heterocycles. The second-order valence-electron chi connectivity index (χ2n) is 2.62. The minimum absolute atomic E-state index is 0.723. The number of hydrogen-bond acceptors (Lipinski definition) is 2. The molecule has 0 unspecified atom stereocenters. The van der Waals surface area contributed by atoms with Crippen LogP contribution in [0, 0.1) is 11.8 Å². The van der Waals surface area contributed by atoms with Gasteiger partial charge in [0.1, 0.15) is 5.69 Å². The van der Waals surface area contributed by atoms with Crippen LogP contribution in [0.3, 0.4) is 0 Å². The van der Waals surface area contributed by atoms with Gasteiger partial charge in [0.2, 0.25) is 0 Å². The van der Waals surface area contributed by atoms with Gasteiger partial charge in [0, 0.05) is 0 Å². The van der Waals surface area contributed by atoms with E-state index in [2.05, 4.69) is 21.8 Å². The summed E-state index contributed by atoms with van der Waals surface area (Å²) in [6, 6.07) is 7.76. The number of rotatable bonds is 0. The highest BCUT2D eigenvalue weighted by molar-refractivity contribution is 5.74. The predicted molar refractivity (Wildman–Crippen MR) is 52.1 cm³/mol. The lowest BCUT2D eigenvalue weighted by molar-refractivity contribution is 1.26. The first-order valence-corrected chi connectivity index (χ1v) is 4.05. The van der Waals surface area contributed by atoms with Crippen molar-refractivity contribution in [3.63, 3.8) is 0 Å². The quantitative estimate of drug-likeness (QED) is 0.562. The van der Waals surface area contributed by atoms with Crippen LogP contribution in [0.2, 0.25) is 0 Å². The van der Waals surface area contributed by atoms with Crippen LogP contribution >= 0.6 is 0 Å². The minimum Gasteiger partial charge on any atom is -0.252 e. The monoisotopic (exact) mass is 168 g/mol. The lowest BCUT2D eigenvalue weighted by Crippen LogP contribution is -1.86. The Morgan fingerprint density at radius 1 is 1.15 bits per heavy atom. The summed E-state index contributed by atoms with van der Waals surface area (Å²) in [6.45, 7) is 1.79. The van der Waals surface area contributed by atoms with Crippen LogP contribution in [-0.4, -0.2) is 9.97 Å². The van der Waals surface area contributed by atoms with E-state index in [0.29, 0.717) is 0 Å². The Bertz CT molecular complexity index is 492. The zero-order valence-electron chi connectivity index (χ0n) is 7.28. The van der Waals surface area contributed by atoms with Crippen LogP contribution in [-0.2, 0) is 0 Å². The third kappa shape index (κ3) is 1.50. The molecule has 2 heteroatoms. The normalized spacial score (nSPS) is 9.31. The fourth-order valence-electron chi connectivity index (χ4n) is 1.15. The first kappa shape index (κ1) is 7.75. The van der Waals surface area contributed by atoms with Crippen LogP contribution in [0.25, 0.3) is 11.0 Å². The molecule has 2 rings (SSSR count). The summed E-state index contributed by atoms with van der Waals surface area (Å²) in [5, 5.41) is 0. The van der Waals surface area contributed by atoms with Crippen molar-refractivity contribution in [1.82, 2.24) is 9.97 Å². The highest BCUT2D eigenvalue weighted by Crippen LogP contribution is 2.07. The standard InChI is InChI=1S/C11H8N2/c1-2-5-9-8-12-10-6-3-4-7-11(10)13-9/h3-4,6-8H,1H3. The van der Waals surface area contributed by atoms with Gasteiger partial charge in [0.05, 0.1) is 17.2 Å². The molecule has 2 aromatic rings. The molecule has 0 aliphatic heterocycles. The zero-order chi connectivity index (χ0) is 9.10. The molecular weight excluding hydrogens is 160 g/mol. The molecule has 2 nitrogen and oxygen atoms in total. The minimum atomic E-state index is 0.723. The van der Waals surface area contributed by atoms with E-state index in [1.807, 2.05) is 24.3 Å². The molecule has 0 atom stereocenters. The maximum absolute atomic E-state index is 4.33. The second-order valence-corrected chi connectivity index (χ2v) is 2.62. The van der Waals surface area contributed by atoms with Crippen LogP contribution < -0.4 is 0 Å². The molecule has 0 saturated carbocycles. The van der Waals surface area contributed by atoms with Gasteiger partial charge in [-0.05, 0) is 25.0 Å². The van der Waals surface area contributed by atoms with Gasteiger partial charge in [0.15, 0.2) is 0 Å². The molecule has 0 fully saturated rings. The number of nitrogens with zero attached hydrogens (tertiary/aromatic N) is 2. The molecule has 0 N–H and O–H groups in total. The van der Waals surface area contributed by atoms with Gasteiger partial charge in [-0.2, -0.15) is 0 Å². The molecule has 0 radical (unpaired) electrons. The molecule has 0 spiro atoms. The molecular formula is C11H8N2. The molecule has 13 heavy (non-hydrogen) atoms. The summed E-state index contributed by atoms with van der Waals surface area (Å²) in [6.07, 6.45) is 1.69. The maximum atomic E-state index is 4.33. The van der Waals surface area contributed by atoms with Crippen molar-refractivity contribution >= 4 is 11.0 Å². The molecule has 0 bridgehead atoms. The van der Waals surface area contributed by atoms with Crippen molar-refractivity contribution in [3.05, 3.63) is 36.2 Å². The van der Waals surface area contributed by atoms with Gasteiger partial charge < -0.3 is 0 Å². The number of hydrogen-bond donors (Lipinski definition) is 0. The average molecular weight is 168 g/mol. The van der Waals surface area contributed by atoms with Crippen molar-refractivity contribution in [2.75, 3.05) is 0 Å². The van der Waals surface area contributed by atoms with Crippen molar-refractivity contribution < 1.29 is 0 Å². The van der Waals surface area contributed by atoms with E-state index in [0.717, 1.165) is 16.7 Å². The Morgan fingerprint density at radius 2 is 1.92 bits per heavy atom. The molecule has 0 saturated heterocycles. The third-order valence-electron chi connectivity index (χ3n) is 1.70. The van der Waals surface area contributed by atoms with Crippen molar-refractivity contribution in [1.29, 1.82) is 0 Å². The summed E-state index contributed by atoms with van der Waals surface area (Å²) < 4.78 is 0. The first-order valence-electron chi connectivity index (χ1n) is 4.05. The SMILES string of the molecule is CC#Cc1cnc2ccccc2n1. The highest BCUT2D eigenvalue weighted by Gasteiger charge is 1.94. The van der Waals surface area contributed by atoms with Gasteiger partial charge in [-0.1, -0.05) is 18.1 Å². The smallest absolute Gasteiger partial charge is 0.132 e. The lowest BCUT2D eigenvalue weighted by atomic mass is 10.3. The largest absolute Gasteiger partial charge is 0.252 e. The van der Waals surface area contributed by atoms with Gasteiger partial charge >= 0.3 is 0 Å². The van der Waals surface area contributed by atoms with E-state index < -0.39 is 0 Å². The predicted octanol–water partition coefficient (Wildman–Crippen LogP) is 2.00. The van der Waals surface area contributed by atoms with Crippen LogP contribution in [0.15, 0.2) is 30.5 Å². The average Bonchev–Trinajstić information content (AvgIpc) is 2.18. The Kier molecular flexibility index (Phi) is 1.93. The van der Waals surface area contributed by atoms with Crippen LogP contribution in [0.1, 0.15) is 12.6 Å². The topological polar surface area (TPSA) is 25.8 Å². The van der Waals surface area contributed by atoms with E-state index in [4.69, 9.17) is 0 Å². The van der Waals surface area contributed by atoms with E-state index in [1.165, 1.54) is 0 Å². The number of fused-ring (bicyclic) bond motifs is 1. The van der Waals surface area contributed by atoms with Crippen molar-refractivity contribution in [2.24, 2.45) is 0 Å². The molecule has 0 amide bonds. The summed E-state index contributed by atoms with van der Waals surface area (Å²) in [7, 11) is 0. The Morgan fingerprint density at radius 3 is 2.69 bits per heavy atom. The van der Waals surface area contributed by atoms with E-state index in [1.54, 1.807) is 13.1 Å². The Labute approximate surface area is 76.6 Å². The lowest BCUT2D eigenvalue weighted by Gasteiger charge is -1.94. The molecule has 1 heterocycles. The second kappa shape index (κ2) is 3.24. The molecule has 0 aliphatic rings. The van der Waals surface area contributed by atoms with Gasteiger partial charge in [-0.15, -0.1) is 0 Å². The van der Waals surface area contributed by atoms with Crippen LogP contribution in [0.4, 0.5) is 0 Å². The fraction of sp³-hybridized carbons (Fsp3) is 0.0909. The molecule has 1 aromatic carbocycles. The van der Waals surface area contributed by atoms with Crippen LogP contribution in [0.5, 0.6) is 0 Å². The summed E-state index contributed by atoms with van der Waals surface area (Å²) in [4.78, 5) is 8.56. The number of para-hydroxylation sites is 2. The van der Waals surface area contributed by atoms with E-state index in [9.17, 15) is 0 Å². The van der Waals surface area contributed by atoms with Gasteiger partial charge in [0.25, 0.3) is 0 Å². The Balaban J connectivity index is 2.66. The number of aromatic nitrogens is 2. The third-order valence-corrected chi connectivity index (χ3v) is 1.70. The summed E-state index contributed by atoms with van der Waals surface area (Å²) >= 11 is 0. The van der Waals surface area contributed by atoms with Gasteiger partial charge in [-0.3, -0.25) is 4.98 Å². The fourth-order valence-corrected chi connectivity index (χ4v) is 1.15. The zero-order valence-corrected chi connectivity index (χ0v) is 7.28. The number of benzene rings is 1. The summed E-state index contributed by atoms with van der Waals surface area (Å²) in [5.41, 5.74) is 2.52. The molecule has 62 valence electrons. The van der Waals surface area contributed by atoms with Crippen molar-refractivity contribution in [3.8, 4) is 11.8 Å². The van der Waals surface area contributed by atoms with E-state index in [-0.39, 0.29) is 0 Å². The highest BCUT2D eigenvalue weighted by atomic mass is 14.8. The Hall–Kier alpha value is -1.88.